The molecule has 110 valence electrons. The van der Waals surface area contributed by atoms with Crippen molar-refractivity contribution in [2.75, 3.05) is 25.0 Å². The normalized spacial score (nSPS) is 18.8. The number of hydrogen-bond donors (Lipinski definition) is 2. The van der Waals surface area contributed by atoms with Crippen molar-refractivity contribution in [2.45, 2.75) is 32.8 Å². The largest absolute Gasteiger partial charge is 0.494 e. The van der Waals surface area contributed by atoms with Crippen LogP contribution in [0.3, 0.4) is 0 Å². The Morgan fingerprint density at radius 1 is 1.55 bits per heavy atom. The van der Waals surface area contributed by atoms with E-state index in [1.165, 1.54) is 0 Å². The highest BCUT2D eigenvalue weighted by molar-refractivity contribution is 5.89. The summed E-state index contributed by atoms with van der Waals surface area (Å²) in [7, 11) is 0. The molecule has 0 bridgehead atoms. The van der Waals surface area contributed by atoms with Gasteiger partial charge in [0, 0.05) is 18.8 Å². The number of aliphatic hydroxyl groups is 1. The van der Waals surface area contributed by atoms with Crippen LogP contribution < -0.4 is 10.1 Å². The summed E-state index contributed by atoms with van der Waals surface area (Å²) >= 11 is 0. The summed E-state index contributed by atoms with van der Waals surface area (Å²) in [5.41, 5.74) is 1.74. The van der Waals surface area contributed by atoms with Crippen molar-refractivity contribution in [2.24, 2.45) is 0 Å². The summed E-state index contributed by atoms with van der Waals surface area (Å²) in [5.74, 6) is 0.832. The first kappa shape index (κ1) is 14.7. The number of hydrogen-bond acceptors (Lipinski definition) is 3. The highest BCUT2D eigenvalue weighted by Crippen LogP contribution is 2.22. The van der Waals surface area contributed by atoms with E-state index in [4.69, 9.17) is 4.74 Å². The average molecular weight is 278 g/mol. The summed E-state index contributed by atoms with van der Waals surface area (Å²) in [5, 5.41) is 12.5. The number of aliphatic hydroxyl groups excluding tert-OH is 1. The molecule has 1 heterocycles. The Morgan fingerprint density at radius 3 is 3.00 bits per heavy atom. The topological polar surface area (TPSA) is 61.8 Å². The smallest absolute Gasteiger partial charge is 0.321 e. The SMILES string of the molecule is CCOc1ccc(NC(=O)N2CCCC(O)C2)cc1C. The first-order valence-corrected chi connectivity index (χ1v) is 7.07. The Labute approximate surface area is 119 Å². The fraction of sp³-hybridized carbons (Fsp3) is 0.533. The maximum atomic E-state index is 12.1. The van der Waals surface area contributed by atoms with Crippen molar-refractivity contribution < 1.29 is 14.6 Å². The number of anilines is 1. The lowest BCUT2D eigenvalue weighted by atomic mass is 10.1. The van der Waals surface area contributed by atoms with Gasteiger partial charge in [0.05, 0.1) is 12.7 Å². The minimum Gasteiger partial charge on any atom is -0.494 e. The minimum absolute atomic E-state index is 0.160. The fourth-order valence-corrected chi connectivity index (χ4v) is 2.39. The third kappa shape index (κ3) is 3.63. The van der Waals surface area contributed by atoms with Gasteiger partial charge in [-0.1, -0.05) is 0 Å². The number of likely N-dealkylation sites (tertiary alicyclic amines) is 1. The van der Waals surface area contributed by atoms with E-state index in [0.717, 1.165) is 29.8 Å². The molecule has 1 atom stereocenters. The zero-order valence-electron chi connectivity index (χ0n) is 12.1. The Kier molecular flexibility index (Phi) is 4.84. The monoisotopic (exact) mass is 278 g/mol. The number of β-amino-alcohol motifs (C(OH)–C–C–N with tert-alkyl or cyclic N) is 1. The molecule has 0 radical (unpaired) electrons. The van der Waals surface area contributed by atoms with Gasteiger partial charge in [0.1, 0.15) is 5.75 Å². The van der Waals surface area contributed by atoms with Gasteiger partial charge in [-0.2, -0.15) is 0 Å². The lowest BCUT2D eigenvalue weighted by molar-refractivity contribution is 0.0883. The van der Waals surface area contributed by atoms with E-state index in [1.807, 2.05) is 32.0 Å². The van der Waals surface area contributed by atoms with Crippen LogP contribution in [0.4, 0.5) is 10.5 Å². The quantitative estimate of drug-likeness (QED) is 0.892. The van der Waals surface area contributed by atoms with E-state index < -0.39 is 6.10 Å². The van der Waals surface area contributed by atoms with E-state index in [9.17, 15) is 9.90 Å². The molecule has 1 unspecified atom stereocenters. The third-order valence-electron chi connectivity index (χ3n) is 3.41. The molecule has 1 aromatic rings. The van der Waals surface area contributed by atoms with Crippen LogP contribution in [0.5, 0.6) is 5.75 Å². The number of ether oxygens (including phenoxy) is 1. The number of urea groups is 1. The van der Waals surface area contributed by atoms with Crippen molar-refractivity contribution in [1.82, 2.24) is 4.90 Å². The molecule has 1 fully saturated rings. The number of benzene rings is 1. The third-order valence-corrected chi connectivity index (χ3v) is 3.41. The van der Waals surface area contributed by atoms with Gasteiger partial charge in [0.25, 0.3) is 0 Å². The Bertz CT molecular complexity index is 476. The highest BCUT2D eigenvalue weighted by Gasteiger charge is 2.22. The molecule has 20 heavy (non-hydrogen) atoms. The molecular weight excluding hydrogens is 256 g/mol. The molecule has 0 spiro atoms. The zero-order chi connectivity index (χ0) is 14.5. The van der Waals surface area contributed by atoms with Gasteiger partial charge in [-0.3, -0.25) is 0 Å². The molecule has 2 amide bonds. The second-order valence-electron chi connectivity index (χ2n) is 5.09. The van der Waals surface area contributed by atoms with E-state index in [0.29, 0.717) is 19.7 Å². The number of amides is 2. The maximum absolute atomic E-state index is 12.1. The van der Waals surface area contributed by atoms with Crippen molar-refractivity contribution in [3.63, 3.8) is 0 Å². The molecule has 5 heteroatoms. The number of rotatable bonds is 3. The van der Waals surface area contributed by atoms with E-state index in [1.54, 1.807) is 4.90 Å². The summed E-state index contributed by atoms with van der Waals surface area (Å²) < 4.78 is 5.47. The lowest BCUT2D eigenvalue weighted by Crippen LogP contribution is -2.44. The van der Waals surface area contributed by atoms with Crippen LogP contribution in [0.1, 0.15) is 25.3 Å². The summed E-state index contributed by atoms with van der Waals surface area (Å²) in [4.78, 5) is 13.8. The Hall–Kier alpha value is -1.75. The van der Waals surface area contributed by atoms with Gasteiger partial charge in [-0.15, -0.1) is 0 Å². The molecule has 2 rings (SSSR count). The molecule has 0 saturated carbocycles. The van der Waals surface area contributed by atoms with Crippen molar-refractivity contribution in [3.05, 3.63) is 23.8 Å². The molecule has 0 aromatic heterocycles. The number of nitrogens with zero attached hydrogens (tertiary/aromatic N) is 1. The van der Waals surface area contributed by atoms with Gasteiger partial charge in [-0.25, -0.2) is 4.79 Å². The fourth-order valence-electron chi connectivity index (χ4n) is 2.39. The molecule has 1 aliphatic heterocycles. The standard InChI is InChI=1S/C15H22N2O3/c1-3-20-14-7-6-12(9-11(14)2)16-15(19)17-8-4-5-13(18)10-17/h6-7,9,13,18H,3-5,8,10H2,1-2H3,(H,16,19). The van der Waals surface area contributed by atoms with Crippen LogP contribution in [-0.2, 0) is 0 Å². The summed E-state index contributed by atoms with van der Waals surface area (Å²) in [6.07, 6.45) is 1.21. The van der Waals surface area contributed by atoms with Crippen molar-refractivity contribution >= 4 is 11.7 Å². The number of carbonyl (C=O) groups is 1. The second kappa shape index (κ2) is 6.61. The highest BCUT2D eigenvalue weighted by atomic mass is 16.5. The Balaban J connectivity index is 1.98. The van der Waals surface area contributed by atoms with Crippen LogP contribution in [0.2, 0.25) is 0 Å². The Morgan fingerprint density at radius 2 is 2.35 bits per heavy atom. The first-order valence-electron chi connectivity index (χ1n) is 7.07. The first-order chi connectivity index (χ1) is 9.60. The summed E-state index contributed by atoms with van der Waals surface area (Å²) in [6, 6.07) is 5.42. The van der Waals surface area contributed by atoms with Crippen LogP contribution in [-0.4, -0.2) is 41.8 Å². The number of piperidine rings is 1. The van der Waals surface area contributed by atoms with E-state index in [2.05, 4.69) is 5.32 Å². The van der Waals surface area contributed by atoms with Gasteiger partial charge in [0.15, 0.2) is 0 Å². The molecule has 1 saturated heterocycles. The molecule has 1 aliphatic rings. The predicted molar refractivity (Wildman–Crippen MR) is 78.2 cm³/mol. The lowest BCUT2D eigenvalue weighted by Gasteiger charge is -2.30. The second-order valence-corrected chi connectivity index (χ2v) is 5.09. The van der Waals surface area contributed by atoms with Gasteiger partial charge < -0.3 is 20.1 Å². The van der Waals surface area contributed by atoms with Gasteiger partial charge in [0.2, 0.25) is 0 Å². The average Bonchev–Trinajstić information content (AvgIpc) is 2.42. The number of aryl methyl sites for hydroxylation is 1. The van der Waals surface area contributed by atoms with Crippen LogP contribution in [0.15, 0.2) is 18.2 Å². The van der Waals surface area contributed by atoms with Gasteiger partial charge >= 0.3 is 6.03 Å². The van der Waals surface area contributed by atoms with E-state index >= 15 is 0 Å². The van der Waals surface area contributed by atoms with Crippen molar-refractivity contribution in [1.29, 1.82) is 0 Å². The zero-order valence-corrected chi connectivity index (χ0v) is 12.1. The minimum atomic E-state index is -0.406. The van der Waals surface area contributed by atoms with Gasteiger partial charge in [-0.05, 0) is 50.5 Å². The molecule has 0 aliphatic carbocycles. The van der Waals surface area contributed by atoms with E-state index in [-0.39, 0.29) is 6.03 Å². The maximum Gasteiger partial charge on any atom is 0.321 e. The predicted octanol–water partition coefficient (Wildman–Crippen LogP) is 2.38. The van der Waals surface area contributed by atoms with Crippen LogP contribution >= 0.6 is 0 Å². The molecule has 5 nitrogen and oxygen atoms in total. The summed E-state index contributed by atoms with van der Waals surface area (Å²) in [6.45, 7) is 5.61. The van der Waals surface area contributed by atoms with Crippen molar-refractivity contribution in [3.8, 4) is 5.75 Å². The number of carbonyl (C=O) groups excluding carboxylic acids is 1. The molecule has 2 N–H and O–H groups in total. The number of nitrogens with one attached hydrogen (secondary N) is 1. The molecule has 1 aromatic carbocycles. The van der Waals surface area contributed by atoms with Crippen LogP contribution in [0.25, 0.3) is 0 Å². The molecular formula is C15H22N2O3. The van der Waals surface area contributed by atoms with Crippen LogP contribution in [0, 0.1) is 6.92 Å².